The minimum atomic E-state index is 0.877. The molecule has 0 bridgehead atoms. The van der Waals surface area contributed by atoms with Gasteiger partial charge in [0.05, 0.1) is 0 Å². The fourth-order valence-corrected chi connectivity index (χ4v) is 2.59. The van der Waals surface area contributed by atoms with Crippen LogP contribution in [0.15, 0.2) is 18.2 Å². The molecule has 1 unspecified atom stereocenters. The molecule has 1 N–H and O–H groups in total. The topological polar surface area (TPSA) is 15.3 Å². The highest BCUT2D eigenvalue weighted by Gasteiger charge is 2.15. The zero-order valence-corrected chi connectivity index (χ0v) is 11.3. The molecule has 0 aromatic heterocycles. The zero-order chi connectivity index (χ0) is 12.3. The molecule has 1 fully saturated rings. The van der Waals surface area contributed by atoms with E-state index in [1.807, 2.05) is 0 Å². The van der Waals surface area contributed by atoms with E-state index in [2.05, 4.69) is 49.3 Å². The molecule has 17 heavy (non-hydrogen) atoms. The summed E-state index contributed by atoms with van der Waals surface area (Å²) in [5.41, 5.74) is 4.11. The third kappa shape index (κ3) is 3.22. The van der Waals surface area contributed by atoms with E-state index in [-0.39, 0.29) is 0 Å². The summed E-state index contributed by atoms with van der Waals surface area (Å²) in [6.07, 6.45) is 2.65. The Balaban J connectivity index is 1.93. The van der Waals surface area contributed by atoms with Crippen LogP contribution >= 0.6 is 0 Å². The first-order valence-electron chi connectivity index (χ1n) is 6.66. The Morgan fingerprint density at radius 1 is 1.35 bits per heavy atom. The van der Waals surface area contributed by atoms with E-state index < -0.39 is 0 Å². The maximum absolute atomic E-state index is 3.44. The molecule has 1 aromatic rings. The van der Waals surface area contributed by atoms with Crippen molar-refractivity contribution in [2.24, 2.45) is 5.92 Å². The molecule has 94 valence electrons. The Kier molecular flexibility index (Phi) is 4.06. The summed E-state index contributed by atoms with van der Waals surface area (Å²) in [5, 5.41) is 3.44. The molecule has 1 aromatic carbocycles. The molecular formula is C15H24N2. The van der Waals surface area contributed by atoms with Crippen LogP contribution in [0.4, 0.5) is 5.69 Å². The van der Waals surface area contributed by atoms with Crippen molar-refractivity contribution in [3.8, 4) is 0 Å². The zero-order valence-electron chi connectivity index (χ0n) is 11.3. The maximum Gasteiger partial charge on any atom is 0.0395 e. The molecular weight excluding hydrogens is 208 g/mol. The van der Waals surface area contributed by atoms with Crippen molar-refractivity contribution in [3.05, 3.63) is 29.3 Å². The summed E-state index contributed by atoms with van der Waals surface area (Å²) < 4.78 is 0. The van der Waals surface area contributed by atoms with E-state index in [4.69, 9.17) is 0 Å². The second kappa shape index (κ2) is 5.54. The maximum atomic E-state index is 3.44. The first-order chi connectivity index (χ1) is 8.16. The van der Waals surface area contributed by atoms with E-state index in [1.54, 1.807) is 0 Å². The molecule has 0 aliphatic carbocycles. The van der Waals surface area contributed by atoms with Crippen molar-refractivity contribution < 1.29 is 0 Å². The number of anilines is 1. The second-order valence-corrected chi connectivity index (χ2v) is 5.36. The minimum absolute atomic E-state index is 0.877. The lowest BCUT2D eigenvalue weighted by Crippen LogP contribution is -2.22. The number of hydrogen-bond acceptors (Lipinski definition) is 2. The highest BCUT2D eigenvalue weighted by Crippen LogP contribution is 2.22. The van der Waals surface area contributed by atoms with Crippen molar-refractivity contribution in [2.45, 2.75) is 26.7 Å². The van der Waals surface area contributed by atoms with Gasteiger partial charge >= 0.3 is 0 Å². The molecule has 2 heteroatoms. The number of nitrogens with one attached hydrogen (secondary N) is 1. The number of benzene rings is 1. The number of hydrogen-bond donors (Lipinski definition) is 1. The van der Waals surface area contributed by atoms with Crippen LogP contribution in [0.3, 0.4) is 0 Å². The summed E-state index contributed by atoms with van der Waals surface area (Å²) in [6, 6.07) is 6.70. The molecule has 0 spiro atoms. The molecule has 0 radical (unpaired) electrons. The standard InChI is InChI=1S/C15H24N2/c1-12-4-5-13(2)15(10-12)17(3)9-7-14-6-8-16-11-14/h4-5,10,14,16H,6-9,11H2,1-3H3. The van der Waals surface area contributed by atoms with Crippen LogP contribution in [0.25, 0.3) is 0 Å². The van der Waals surface area contributed by atoms with Gasteiger partial charge in [0.15, 0.2) is 0 Å². The van der Waals surface area contributed by atoms with E-state index in [9.17, 15) is 0 Å². The monoisotopic (exact) mass is 232 g/mol. The first kappa shape index (κ1) is 12.4. The Bertz CT molecular complexity index is 367. The quantitative estimate of drug-likeness (QED) is 0.858. The highest BCUT2D eigenvalue weighted by atomic mass is 15.1. The van der Waals surface area contributed by atoms with E-state index in [1.165, 1.54) is 42.7 Å². The van der Waals surface area contributed by atoms with Crippen molar-refractivity contribution in [1.82, 2.24) is 5.32 Å². The lowest BCUT2D eigenvalue weighted by Gasteiger charge is -2.23. The molecule has 2 nitrogen and oxygen atoms in total. The summed E-state index contributed by atoms with van der Waals surface area (Å²) in [7, 11) is 2.21. The van der Waals surface area contributed by atoms with Gasteiger partial charge < -0.3 is 10.2 Å². The number of nitrogens with zero attached hydrogens (tertiary/aromatic N) is 1. The third-order valence-corrected chi connectivity index (χ3v) is 3.81. The lowest BCUT2D eigenvalue weighted by atomic mass is 10.0. The van der Waals surface area contributed by atoms with Gasteiger partial charge in [0.2, 0.25) is 0 Å². The van der Waals surface area contributed by atoms with Gasteiger partial charge in [-0.1, -0.05) is 12.1 Å². The van der Waals surface area contributed by atoms with Gasteiger partial charge in [-0.2, -0.15) is 0 Å². The molecule has 1 aliphatic heterocycles. The van der Waals surface area contributed by atoms with Gasteiger partial charge in [0.25, 0.3) is 0 Å². The lowest BCUT2D eigenvalue weighted by molar-refractivity contribution is 0.533. The van der Waals surface area contributed by atoms with Crippen molar-refractivity contribution in [2.75, 3.05) is 31.6 Å². The van der Waals surface area contributed by atoms with E-state index >= 15 is 0 Å². The fourth-order valence-electron chi connectivity index (χ4n) is 2.59. The van der Waals surface area contributed by atoms with Gasteiger partial charge in [-0.25, -0.2) is 0 Å². The van der Waals surface area contributed by atoms with Gasteiger partial charge in [-0.05, 0) is 62.9 Å². The smallest absolute Gasteiger partial charge is 0.0395 e. The van der Waals surface area contributed by atoms with E-state index in [0.717, 1.165) is 12.5 Å². The first-order valence-corrected chi connectivity index (χ1v) is 6.66. The molecule has 0 saturated carbocycles. The van der Waals surface area contributed by atoms with Crippen molar-refractivity contribution >= 4 is 5.69 Å². The van der Waals surface area contributed by atoms with Gasteiger partial charge in [0.1, 0.15) is 0 Å². The van der Waals surface area contributed by atoms with Gasteiger partial charge in [-0.15, -0.1) is 0 Å². The minimum Gasteiger partial charge on any atom is -0.374 e. The average Bonchev–Trinajstić information content (AvgIpc) is 2.82. The van der Waals surface area contributed by atoms with Gasteiger partial charge in [0, 0.05) is 19.3 Å². The van der Waals surface area contributed by atoms with E-state index in [0.29, 0.717) is 0 Å². The van der Waals surface area contributed by atoms with Crippen LogP contribution in [0, 0.1) is 19.8 Å². The SMILES string of the molecule is Cc1ccc(C)c(N(C)CCC2CCNC2)c1. The van der Waals surface area contributed by atoms with Crippen LogP contribution in [0.5, 0.6) is 0 Å². The van der Waals surface area contributed by atoms with Crippen molar-refractivity contribution in [1.29, 1.82) is 0 Å². The summed E-state index contributed by atoms with van der Waals surface area (Å²) in [5.74, 6) is 0.877. The van der Waals surface area contributed by atoms with Crippen LogP contribution in [-0.4, -0.2) is 26.7 Å². The molecule has 1 heterocycles. The van der Waals surface area contributed by atoms with Crippen LogP contribution in [0.1, 0.15) is 24.0 Å². The molecule has 1 atom stereocenters. The predicted molar refractivity (Wildman–Crippen MR) is 74.8 cm³/mol. The average molecular weight is 232 g/mol. The summed E-state index contributed by atoms with van der Waals surface area (Å²) >= 11 is 0. The number of aryl methyl sites for hydroxylation is 2. The summed E-state index contributed by atoms with van der Waals surface area (Å²) in [4.78, 5) is 2.40. The highest BCUT2D eigenvalue weighted by molar-refractivity contribution is 5.54. The van der Waals surface area contributed by atoms with Gasteiger partial charge in [-0.3, -0.25) is 0 Å². The Hall–Kier alpha value is -1.02. The molecule has 0 amide bonds. The van der Waals surface area contributed by atoms with Crippen LogP contribution in [-0.2, 0) is 0 Å². The van der Waals surface area contributed by atoms with Crippen LogP contribution in [0.2, 0.25) is 0 Å². The molecule has 1 aliphatic rings. The number of rotatable bonds is 4. The molecule has 1 saturated heterocycles. The normalized spacial score (nSPS) is 19.6. The van der Waals surface area contributed by atoms with Crippen molar-refractivity contribution in [3.63, 3.8) is 0 Å². The Morgan fingerprint density at radius 2 is 2.18 bits per heavy atom. The largest absolute Gasteiger partial charge is 0.374 e. The Labute approximate surface area is 105 Å². The second-order valence-electron chi connectivity index (χ2n) is 5.36. The Morgan fingerprint density at radius 3 is 2.88 bits per heavy atom. The summed E-state index contributed by atoms with van der Waals surface area (Å²) in [6.45, 7) is 7.94. The molecule has 2 rings (SSSR count). The predicted octanol–water partition coefficient (Wildman–Crippen LogP) is 2.74. The van der Waals surface area contributed by atoms with Crippen LogP contribution < -0.4 is 10.2 Å². The third-order valence-electron chi connectivity index (χ3n) is 3.81. The fraction of sp³-hybridized carbons (Fsp3) is 0.600.